The molecule has 0 atom stereocenters. The van der Waals surface area contributed by atoms with E-state index in [0.29, 0.717) is 11.5 Å². The van der Waals surface area contributed by atoms with Crippen LogP contribution in [-0.2, 0) is 0 Å². The summed E-state index contributed by atoms with van der Waals surface area (Å²) in [5, 5.41) is 5.64. The first-order chi connectivity index (χ1) is 12.2. The Morgan fingerprint density at radius 3 is 1.36 bits per heavy atom. The molecule has 2 heterocycles. The lowest BCUT2D eigenvalue weighted by atomic mass is 10.3. The number of hydrogen-bond donors (Lipinski definition) is 2. The SMILES string of the molecule is O=C(Nc1ccc(Oc2ccc(NC(=O)N3CC3)cc2)cc1)N1CC1. The van der Waals surface area contributed by atoms with Crippen LogP contribution in [0.4, 0.5) is 21.0 Å². The van der Waals surface area contributed by atoms with Gasteiger partial charge in [0.2, 0.25) is 0 Å². The molecule has 0 bridgehead atoms. The van der Waals surface area contributed by atoms with Crippen molar-refractivity contribution in [1.82, 2.24) is 9.80 Å². The van der Waals surface area contributed by atoms with Crippen LogP contribution in [0, 0.1) is 0 Å². The van der Waals surface area contributed by atoms with Gasteiger partial charge < -0.3 is 25.2 Å². The van der Waals surface area contributed by atoms with Crippen molar-refractivity contribution in [3.63, 3.8) is 0 Å². The summed E-state index contributed by atoms with van der Waals surface area (Å²) in [6.07, 6.45) is 0. The molecule has 0 radical (unpaired) electrons. The van der Waals surface area contributed by atoms with Crippen LogP contribution in [-0.4, -0.2) is 48.0 Å². The van der Waals surface area contributed by atoms with E-state index in [9.17, 15) is 9.59 Å². The van der Waals surface area contributed by atoms with Crippen molar-refractivity contribution in [2.75, 3.05) is 36.8 Å². The highest BCUT2D eigenvalue weighted by Crippen LogP contribution is 2.25. The molecular weight excluding hydrogens is 320 g/mol. The van der Waals surface area contributed by atoms with Crippen LogP contribution >= 0.6 is 0 Å². The fraction of sp³-hybridized carbons (Fsp3) is 0.222. The van der Waals surface area contributed by atoms with Gasteiger partial charge in [0.1, 0.15) is 11.5 Å². The highest BCUT2D eigenvalue weighted by molar-refractivity contribution is 5.91. The van der Waals surface area contributed by atoms with Gasteiger partial charge in [-0.25, -0.2) is 9.59 Å². The number of nitrogens with zero attached hydrogens (tertiary/aromatic N) is 2. The average Bonchev–Trinajstić information content (AvgIpc) is 3.50. The van der Waals surface area contributed by atoms with Gasteiger partial charge in [0.25, 0.3) is 0 Å². The van der Waals surface area contributed by atoms with Gasteiger partial charge >= 0.3 is 12.1 Å². The van der Waals surface area contributed by atoms with Crippen LogP contribution in [0.5, 0.6) is 11.5 Å². The third kappa shape index (κ3) is 4.00. The predicted molar refractivity (Wildman–Crippen MR) is 94.1 cm³/mol. The van der Waals surface area contributed by atoms with E-state index in [1.54, 1.807) is 58.3 Å². The van der Waals surface area contributed by atoms with Crippen LogP contribution in [0.3, 0.4) is 0 Å². The normalized spacial score (nSPS) is 14.7. The van der Waals surface area contributed by atoms with Gasteiger partial charge in [-0.05, 0) is 48.5 Å². The maximum absolute atomic E-state index is 11.7. The Hall–Kier alpha value is -3.22. The molecule has 4 rings (SSSR count). The first-order valence-corrected chi connectivity index (χ1v) is 8.17. The predicted octanol–water partition coefficient (Wildman–Crippen LogP) is 3.17. The van der Waals surface area contributed by atoms with Crippen molar-refractivity contribution >= 4 is 23.4 Å². The summed E-state index contributed by atoms with van der Waals surface area (Å²) in [6.45, 7) is 3.28. The second kappa shape index (κ2) is 6.35. The van der Waals surface area contributed by atoms with Crippen LogP contribution in [0.25, 0.3) is 0 Å². The Kier molecular flexibility index (Phi) is 3.89. The molecule has 2 aliphatic heterocycles. The molecule has 128 valence electrons. The van der Waals surface area contributed by atoms with E-state index in [2.05, 4.69) is 10.6 Å². The van der Waals surface area contributed by atoms with E-state index >= 15 is 0 Å². The van der Waals surface area contributed by atoms with Crippen LogP contribution in [0.1, 0.15) is 0 Å². The summed E-state index contributed by atoms with van der Waals surface area (Å²) in [5.74, 6) is 1.34. The van der Waals surface area contributed by atoms with Gasteiger partial charge in [0, 0.05) is 37.6 Å². The van der Waals surface area contributed by atoms with Gasteiger partial charge in [-0.15, -0.1) is 0 Å². The zero-order chi connectivity index (χ0) is 17.2. The highest BCUT2D eigenvalue weighted by Gasteiger charge is 2.24. The fourth-order valence-corrected chi connectivity index (χ4v) is 2.26. The second-order valence-corrected chi connectivity index (χ2v) is 5.99. The topological polar surface area (TPSA) is 73.5 Å². The van der Waals surface area contributed by atoms with Crippen LogP contribution < -0.4 is 15.4 Å². The maximum atomic E-state index is 11.7. The lowest BCUT2D eigenvalue weighted by Crippen LogP contribution is -2.18. The van der Waals surface area contributed by atoms with E-state index < -0.39 is 0 Å². The molecule has 7 heteroatoms. The third-order valence-electron chi connectivity index (χ3n) is 3.92. The van der Waals surface area contributed by atoms with E-state index in [1.807, 2.05) is 0 Å². The second-order valence-electron chi connectivity index (χ2n) is 5.99. The summed E-state index contributed by atoms with van der Waals surface area (Å²) in [6, 6.07) is 14.3. The summed E-state index contributed by atoms with van der Waals surface area (Å²) in [5.41, 5.74) is 1.47. The number of rotatable bonds is 4. The number of carbonyl (C=O) groups is 2. The van der Waals surface area contributed by atoms with E-state index in [-0.39, 0.29) is 12.1 Å². The molecule has 0 spiro atoms. The van der Waals surface area contributed by atoms with Crippen molar-refractivity contribution in [3.8, 4) is 11.5 Å². The summed E-state index contributed by atoms with van der Waals surface area (Å²) in [4.78, 5) is 26.7. The lowest BCUT2D eigenvalue weighted by molar-refractivity contribution is 0.241. The molecule has 4 amide bonds. The molecule has 0 aliphatic carbocycles. The van der Waals surface area contributed by atoms with Crippen molar-refractivity contribution < 1.29 is 14.3 Å². The smallest absolute Gasteiger partial charge is 0.321 e. The Morgan fingerprint density at radius 1 is 0.680 bits per heavy atom. The zero-order valence-corrected chi connectivity index (χ0v) is 13.6. The Labute approximate surface area is 145 Å². The largest absolute Gasteiger partial charge is 0.457 e. The quantitative estimate of drug-likeness (QED) is 0.841. The number of benzene rings is 2. The maximum Gasteiger partial charge on any atom is 0.321 e. The van der Waals surface area contributed by atoms with E-state index in [4.69, 9.17) is 4.74 Å². The fourth-order valence-electron chi connectivity index (χ4n) is 2.26. The van der Waals surface area contributed by atoms with E-state index in [0.717, 1.165) is 37.6 Å². The number of ether oxygens (including phenoxy) is 1. The van der Waals surface area contributed by atoms with Crippen molar-refractivity contribution in [2.45, 2.75) is 0 Å². The zero-order valence-electron chi connectivity index (χ0n) is 13.6. The standard InChI is InChI=1S/C18H18N4O3/c23-17(21-9-10-21)19-13-1-5-15(6-2-13)25-16-7-3-14(4-8-16)20-18(24)22-11-12-22/h1-8H,9-12H2,(H,19,23)(H,20,24). The summed E-state index contributed by atoms with van der Waals surface area (Å²) >= 11 is 0. The molecule has 2 fully saturated rings. The molecule has 0 aromatic heterocycles. The van der Waals surface area contributed by atoms with Gasteiger partial charge in [-0.3, -0.25) is 0 Å². The Bertz CT molecular complexity index is 713. The minimum atomic E-state index is -0.0752. The van der Waals surface area contributed by atoms with Crippen molar-refractivity contribution in [1.29, 1.82) is 0 Å². The van der Waals surface area contributed by atoms with Crippen LogP contribution in [0.15, 0.2) is 48.5 Å². The molecule has 7 nitrogen and oxygen atoms in total. The molecule has 2 aromatic rings. The molecule has 0 unspecified atom stereocenters. The molecule has 0 saturated carbocycles. The molecule has 2 N–H and O–H groups in total. The highest BCUT2D eigenvalue weighted by atomic mass is 16.5. The Balaban J connectivity index is 1.33. The number of amides is 4. The van der Waals surface area contributed by atoms with Gasteiger partial charge in [-0.1, -0.05) is 0 Å². The monoisotopic (exact) mass is 338 g/mol. The van der Waals surface area contributed by atoms with E-state index in [1.165, 1.54) is 0 Å². The third-order valence-corrected chi connectivity index (χ3v) is 3.92. The van der Waals surface area contributed by atoms with Crippen molar-refractivity contribution in [3.05, 3.63) is 48.5 Å². The molecular formula is C18H18N4O3. The number of hydrogen-bond acceptors (Lipinski definition) is 3. The van der Waals surface area contributed by atoms with Crippen molar-refractivity contribution in [2.24, 2.45) is 0 Å². The first-order valence-electron chi connectivity index (χ1n) is 8.17. The number of anilines is 2. The number of urea groups is 2. The minimum absolute atomic E-state index is 0.0752. The molecule has 2 aromatic carbocycles. The van der Waals surface area contributed by atoms with Gasteiger partial charge in [-0.2, -0.15) is 0 Å². The van der Waals surface area contributed by atoms with Gasteiger partial charge in [0.15, 0.2) is 0 Å². The lowest BCUT2D eigenvalue weighted by Gasteiger charge is -2.09. The molecule has 2 aliphatic rings. The first kappa shape index (κ1) is 15.3. The molecule has 25 heavy (non-hydrogen) atoms. The van der Waals surface area contributed by atoms with Crippen LogP contribution in [0.2, 0.25) is 0 Å². The average molecular weight is 338 g/mol. The van der Waals surface area contributed by atoms with Gasteiger partial charge in [0.05, 0.1) is 0 Å². The minimum Gasteiger partial charge on any atom is -0.457 e. The number of carbonyl (C=O) groups excluding carboxylic acids is 2. The Morgan fingerprint density at radius 2 is 1.04 bits per heavy atom. The summed E-state index contributed by atoms with van der Waals surface area (Å²) < 4.78 is 5.77. The molecule has 2 saturated heterocycles. The summed E-state index contributed by atoms with van der Waals surface area (Å²) in [7, 11) is 0. The number of nitrogens with one attached hydrogen (secondary N) is 2.